The van der Waals surface area contributed by atoms with Crippen LogP contribution in [0, 0.1) is 5.82 Å². The van der Waals surface area contributed by atoms with Gasteiger partial charge in [-0.25, -0.2) is 9.18 Å². The van der Waals surface area contributed by atoms with Crippen molar-refractivity contribution in [1.82, 2.24) is 10.2 Å². The molecule has 0 aliphatic carbocycles. The normalized spacial score (nSPS) is 17.8. The molecule has 3 aromatic carbocycles. The fraction of sp³-hybridized carbons (Fsp3) is 0.487. The second kappa shape index (κ2) is 15.5. The van der Waals surface area contributed by atoms with Crippen LogP contribution in [0.4, 0.5) is 9.18 Å². The van der Waals surface area contributed by atoms with Gasteiger partial charge in [0.15, 0.2) is 0 Å². The van der Waals surface area contributed by atoms with Gasteiger partial charge in [-0.2, -0.15) is 0 Å². The molecule has 0 bridgehead atoms. The molecule has 0 spiro atoms. The lowest BCUT2D eigenvalue weighted by Gasteiger charge is -2.35. The molecular formula is C39H51FN2O6. The van der Waals surface area contributed by atoms with E-state index in [0.717, 1.165) is 29.8 Å². The van der Waals surface area contributed by atoms with Crippen LogP contribution in [0.25, 0.3) is 11.1 Å². The first-order valence-electron chi connectivity index (χ1n) is 16.7. The summed E-state index contributed by atoms with van der Waals surface area (Å²) < 4.78 is 39.4. The first-order valence-corrected chi connectivity index (χ1v) is 16.7. The Morgan fingerprint density at radius 3 is 2.23 bits per heavy atom. The van der Waals surface area contributed by atoms with Crippen molar-refractivity contribution in [3.8, 4) is 16.9 Å². The lowest BCUT2D eigenvalue weighted by molar-refractivity contribution is -0.153. The number of alkyl carbamates (subject to hydrolysis) is 1. The molecule has 3 atom stereocenters. The Morgan fingerprint density at radius 1 is 0.917 bits per heavy atom. The van der Waals surface area contributed by atoms with Crippen molar-refractivity contribution in [1.29, 1.82) is 0 Å². The maximum absolute atomic E-state index is 16.3. The maximum atomic E-state index is 16.3. The third-order valence-corrected chi connectivity index (χ3v) is 7.62. The number of para-hydroxylation sites is 1. The Balaban J connectivity index is 1.64. The summed E-state index contributed by atoms with van der Waals surface area (Å²) in [6, 6.07) is 18.0. The number of nitrogens with one attached hydrogen (secondary N) is 1. The number of hydrogen-bond acceptors (Lipinski definition) is 7. The van der Waals surface area contributed by atoms with Crippen LogP contribution in [0.5, 0.6) is 5.75 Å². The summed E-state index contributed by atoms with van der Waals surface area (Å²) in [7, 11) is 0. The van der Waals surface area contributed by atoms with Gasteiger partial charge < -0.3 is 24.3 Å². The van der Waals surface area contributed by atoms with E-state index < -0.39 is 29.2 Å². The minimum atomic E-state index is -0.671. The minimum Gasteiger partial charge on any atom is -0.489 e. The molecule has 1 amide bonds. The van der Waals surface area contributed by atoms with E-state index in [1.165, 1.54) is 0 Å². The van der Waals surface area contributed by atoms with Gasteiger partial charge >= 0.3 is 12.1 Å². The summed E-state index contributed by atoms with van der Waals surface area (Å²) in [6.45, 7) is 19.2. The number of carbonyl (C=O) groups excluding carboxylic acids is 2. The van der Waals surface area contributed by atoms with Crippen molar-refractivity contribution < 1.29 is 32.9 Å². The van der Waals surface area contributed by atoms with E-state index in [2.05, 4.69) is 30.1 Å². The molecule has 3 aromatic rings. The Kier molecular flexibility index (Phi) is 11.9. The number of nitrogens with zero attached hydrogens (tertiary/aromatic N) is 1. The molecule has 1 heterocycles. The highest BCUT2D eigenvalue weighted by molar-refractivity contribution is 5.74. The van der Waals surface area contributed by atoms with Crippen LogP contribution in [0.3, 0.4) is 0 Å². The molecule has 9 heteroatoms. The van der Waals surface area contributed by atoms with E-state index >= 15 is 4.39 Å². The molecule has 1 N–H and O–H groups in total. The number of hydrogen-bond donors (Lipinski definition) is 1. The largest absolute Gasteiger partial charge is 0.489 e. The Bertz CT molecular complexity index is 1570. The van der Waals surface area contributed by atoms with Gasteiger partial charge in [-0.15, -0.1) is 0 Å². The van der Waals surface area contributed by atoms with Crippen LogP contribution in [0.2, 0.25) is 0 Å². The van der Waals surface area contributed by atoms with E-state index in [-0.39, 0.29) is 31.2 Å². The van der Waals surface area contributed by atoms with E-state index in [1.54, 1.807) is 45.9 Å². The lowest BCUT2D eigenvalue weighted by Crippen LogP contribution is -2.44. The molecule has 0 radical (unpaired) electrons. The Labute approximate surface area is 284 Å². The molecule has 4 rings (SSSR count). The number of rotatable bonds is 10. The van der Waals surface area contributed by atoms with Gasteiger partial charge in [-0.1, -0.05) is 42.5 Å². The molecule has 1 aliphatic heterocycles. The number of esters is 1. The van der Waals surface area contributed by atoms with Crippen LogP contribution in [-0.4, -0.2) is 53.5 Å². The van der Waals surface area contributed by atoms with Crippen LogP contribution >= 0.6 is 0 Å². The topological polar surface area (TPSA) is 86.3 Å². The average molecular weight is 663 g/mol. The SMILES string of the molecule is CC1CN(Cc2cc(COc3ccccc3CC(=O)OC(C)(C)C)cc(-c3cccc(C(C)NC(=O)OC(C)(C)C)c3F)c2)CC(C)O1. The zero-order valence-corrected chi connectivity index (χ0v) is 29.8. The van der Waals surface area contributed by atoms with Crippen LogP contribution < -0.4 is 10.1 Å². The van der Waals surface area contributed by atoms with Gasteiger partial charge in [0.25, 0.3) is 0 Å². The highest BCUT2D eigenvalue weighted by atomic mass is 19.1. The smallest absolute Gasteiger partial charge is 0.408 e. The van der Waals surface area contributed by atoms with Crippen LogP contribution in [0.15, 0.2) is 60.7 Å². The molecule has 0 saturated carbocycles. The minimum absolute atomic E-state index is 0.0830. The highest BCUT2D eigenvalue weighted by Gasteiger charge is 2.24. The standard InChI is InChI=1S/C39H51FN2O6/c1-25-21-42(22-26(2)46-25)23-28-17-29(24-45-34-16-11-10-13-30(34)20-35(43)47-38(4,5)6)19-31(18-28)33-15-12-14-32(36(33)40)27(3)41-37(44)48-39(7,8)9/h10-19,25-27H,20-24H2,1-9H3,(H,41,44). The van der Waals surface area contributed by atoms with Gasteiger partial charge in [0, 0.05) is 36.3 Å². The van der Waals surface area contributed by atoms with Crippen molar-refractivity contribution >= 4 is 12.1 Å². The van der Waals surface area contributed by atoms with E-state index in [9.17, 15) is 9.59 Å². The lowest BCUT2D eigenvalue weighted by atomic mass is 9.95. The molecule has 1 saturated heterocycles. The number of morpholine rings is 1. The molecule has 1 fully saturated rings. The number of halogens is 1. The molecular weight excluding hydrogens is 611 g/mol. The highest BCUT2D eigenvalue weighted by Crippen LogP contribution is 2.31. The molecule has 1 aliphatic rings. The second-order valence-electron chi connectivity index (χ2n) is 14.7. The zero-order chi connectivity index (χ0) is 35.2. The van der Waals surface area contributed by atoms with Gasteiger partial charge in [0.1, 0.15) is 29.4 Å². The predicted octanol–water partition coefficient (Wildman–Crippen LogP) is 8.15. The summed E-state index contributed by atoms with van der Waals surface area (Å²) in [5.74, 6) is -0.162. The van der Waals surface area contributed by atoms with E-state index in [4.69, 9.17) is 18.9 Å². The van der Waals surface area contributed by atoms with Crippen LogP contribution in [0.1, 0.15) is 90.6 Å². The monoisotopic (exact) mass is 662 g/mol. The number of benzene rings is 3. The van der Waals surface area contributed by atoms with Gasteiger partial charge in [-0.3, -0.25) is 9.69 Å². The fourth-order valence-corrected chi connectivity index (χ4v) is 5.92. The summed E-state index contributed by atoms with van der Waals surface area (Å²) in [5, 5.41) is 2.75. The first kappa shape index (κ1) is 36.9. The van der Waals surface area contributed by atoms with Crippen molar-refractivity contribution in [3.05, 3.63) is 88.7 Å². The van der Waals surface area contributed by atoms with Crippen molar-refractivity contribution in [3.63, 3.8) is 0 Å². The van der Waals surface area contributed by atoms with Crippen LogP contribution in [-0.2, 0) is 38.6 Å². The summed E-state index contributed by atoms with van der Waals surface area (Å²) in [6.07, 6.45) is -0.314. The van der Waals surface area contributed by atoms with E-state index in [0.29, 0.717) is 29.0 Å². The number of ether oxygens (including phenoxy) is 4. The summed E-state index contributed by atoms with van der Waals surface area (Å²) in [4.78, 5) is 27.4. The number of amides is 1. The van der Waals surface area contributed by atoms with Gasteiger partial charge in [-0.05, 0) is 97.2 Å². The van der Waals surface area contributed by atoms with Crippen molar-refractivity contribution in [2.45, 2.75) is 111 Å². The van der Waals surface area contributed by atoms with Crippen molar-refractivity contribution in [2.24, 2.45) is 0 Å². The molecule has 48 heavy (non-hydrogen) atoms. The molecule has 260 valence electrons. The third kappa shape index (κ3) is 11.1. The zero-order valence-electron chi connectivity index (χ0n) is 29.8. The van der Waals surface area contributed by atoms with Crippen molar-refractivity contribution in [2.75, 3.05) is 13.1 Å². The van der Waals surface area contributed by atoms with Gasteiger partial charge in [0.05, 0.1) is 24.7 Å². The second-order valence-corrected chi connectivity index (χ2v) is 14.7. The summed E-state index contributed by atoms with van der Waals surface area (Å²) in [5.41, 5.74) is 2.81. The Hall–Kier alpha value is -3.95. The fourth-order valence-electron chi connectivity index (χ4n) is 5.92. The van der Waals surface area contributed by atoms with Gasteiger partial charge in [0.2, 0.25) is 0 Å². The molecule has 0 aromatic heterocycles. The summed E-state index contributed by atoms with van der Waals surface area (Å²) >= 11 is 0. The predicted molar refractivity (Wildman–Crippen MR) is 185 cm³/mol. The number of carbonyl (C=O) groups is 2. The average Bonchev–Trinajstić information content (AvgIpc) is 2.94. The Morgan fingerprint density at radius 2 is 1.56 bits per heavy atom. The maximum Gasteiger partial charge on any atom is 0.408 e. The quantitative estimate of drug-likeness (QED) is 0.219. The van der Waals surface area contributed by atoms with E-state index in [1.807, 2.05) is 57.2 Å². The first-order chi connectivity index (χ1) is 22.5. The molecule has 3 unspecified atom stereocenters. The third-order valence-electron chi connectivity index (χ3n) is 7.62. The molecule has 8 nitrogen and oxygen atoms in total.